The van der Waals surface area contributed by atoms with Gasteiger partial charge in [0.2, 0.25) is 0 Å². The summed E-state index contributed by atoms with van der Waals surface area (Å²) in [5.41, 5.74) is 2.45. The molecule has 0 radical (unpaired) electrons. The van der Waals surface area contributed by atoms with Gasteiger partial charge < -0.3 is 5.32 Å². The van der Waals surface area contributed by atoms with E-state index in [1.807, 2.05) is 18.2 Å². The summed E-state index contributed by atoms with van der Waals surface area (Å²) < 4.78 is 14.2. The van der Waals surface area contributed by atoms with Crippen molar-refractivity contribution >= 4 is 15.9 Å². The van der Waals surface area contributed by atoms with Crippen LogP contribution in [0.5, 0.6) is 0 Å². The van der Waals surface area contributed by atoms with E-state index in [-0.39, 0.29) is 5.82 Å². The molecule has 0 amide bonds. The second kappa shape index (κ2) is 7.71. The lowest BCUT2D eigenvalue weighted by Crippen LogP contribution is -2.29. The lowest BCUT2D eigenvalue weighted by molar-refractivity contribution is 0.526. The number of nitrogens with one attached hydrogen (secondary N) is 1. The van der Waals surface area contributed by atoms with Crippen molar-refractivity contribution in [3.8, 4) is 0 Å². The highest BCUT2D eigenvalue weighted by molar-refractivity contribution is 9.10. The maximum Gasteiger partial charge on any atom is 0.123 e. The van der Waals surface area contributed by atoms with Crippen LogP contribution in [0, 0.1) is 5.82 Å². The van der Waals surface area contributed by atoms with Crippen molar-refractivity contribution in [1.82, 2.24) is 5.32 Å². The van der Waals surface area contributed by atoms with Gasteiger partial charge in [-0.25, -0.2) is 4.39 Å². The first-order chi connectivity index (χ1) is 10.0. The first-order valence-corrected chi connectivity index (χ1v) is 8.07. The molecule has 0 saturated carbocycles. The highest BCUT2D eigenvalue weighted by Crippen LogP contribution is 2.23. The quantitative estimate of drug-likeness (QED) is 0.780. The summed E-state index contributed by atoms with van der Waals surface area (Å²) in [6, 6.07) is 15.7. The molecular formula is C18H21BrFN. The van der Waals surface area contributed by atoms with Crippen molar-refractivity contribution in [3.05, 3.63) is 69.9 Å². The van der Waals surface area contributed by atoms with Crippen LogP contribution in [0.4, 0.5) is 4.39 Å². The minimum Gasteiger partial charge on any atom is -0.314 e. The van der Waals surface area contributed by atoms with Gasteiger partial charge >= 0.3 is 0 Å². The van der Waals surface area contributed by atoms with Gasteiger partial charge in [0.1, 0.15) is 5.82 Å². The minimum absolute atomic E-state index is 0.184. The SMILES string of the molecule is CC(C)NCC(Cc1cccc(Br)c1)c1ccc(F)cc1. The van der Waals surface area contributed by atoms with Gasteiger partial charge in [-0.1, -0.05) is 54.0 Å². The topological polar surface area (TPSA) is 12.0 Å². The highest BCUT2D eigenvalue weighted by Gasteiger charge is 2.13. The number of benzene rings is 2. The van der Waals surface area contributed by atoms with Crippen molar-refractivity contribution in [3.63, 3.8) is 0 Å². The van der Waals surface area contributed by atoms with Gasteiger partial charge in [0.15, 0.2) is 0 Å². The molecule has 21 heavy (non-hydrogen) atoms. The van der Waals surface area contributed by atoms with Crippen molar-refractivity contribution < 1.29 is 4.39 Å². The zero-order valence-electron chi connectivity index (χ0n) is 12.4. The minimum atomic E-state index is -0.184. The fourth-order valence-corrected chi connectivity index (χ4v) is 2.82. The third-order valence-electron chi connectivity index (χ3n) is 3.49. The molecule has 1 nitrogen and oxygen atoms in total. The maximum atomic E-state index is 13.1. The van der Waals surface area contributed by atoms with Crippen molar-refractivity contribution in [2.24, 2.45) is 0 Å². The summed E-state index contributed by atoms with van der Waals surface area (Å²) in [6.07, 6.45) is 0.935. The van der Waals surface area contributed by atoms with Crippen LogP contribution in [-0.2, 0) is 6.42 Å². The molecule has 2 aromatic rings. The molecule has 3 heteroatoms. The van der Waals surface area contributed by atoms with Crippen LogP contribution in [0.2, 0.25) is 0 Å². The fourth-order valence-electron chi connectivity index (χ4n) is 2.37. The Labute approximate surface area is 134 Å². The second-order valence-corrected chi connectivity index (χ2v) is 6.56. The van der Waals surface area contributed by atoms with Crippen molar-refractivity contribution in [2.45, 2.75) is 32.2 Å². The van der Waals surface area contributed by atoms with E-state index in [1.54, 1.807) is 12.1 Å². The molecule has 2 rings (SSSR count). The molecule has 0 bridgehead atoms. The molecule has 0 spiro atoms. The Balaban J connectivity index is 2.17. The zero-order valence-corrected chi connectivity index (χ0v) is 14.0. The van der Waals surface area contributed by atoms with Crippen LogP contribution in [0.1, 0.15) is 30.9 Å². The van der Waals surface area contributed by atoms with Crippen LogP contribution in [0.15, 0.2) is 53.0 Å². The molecule has 0 aromatic heterocycles. The third kappa shape index (κ3) is 5.25. The monoisotopic (exact) mass is 349 g/mol. The number of hydrogen-bond donors (Lipinski definition) is 1. The van der Waals surface area contributed by atoms with Gasteiger partial charge in [-0.2, -0.15) is 0 Å². The van der Waals surface area contributed by atoms with E-state index < -0.39 is 0 Å². The Hall–Kier alpha value is -1.19. The van der Waals surface area contributed by atoms with Crippen molar-refractivity contribution in [1.29, 1.82) is 0 Å². The molecule has 0 aliphatic carbocycles. The van der Waals surface area contributed by atoms with Gasteiger partial charge in [0.05, 0.1) is 0 Å². The molecule has 1 unspecified atom stereocenters. The van der Waals surface area contributed by atoms with Crippen molar-refractivity contribution in [2.75, 3.05) is 6.54 Å². The van der Waals surface area contributed by atoms with Crippen LogP contribution in [-0.4, -0.2) is 12.6 Å². The largest absolute Gasteiger partial charge is 0.314 e. The Morgan fingerprint density at radius 2 is 1.81 bits per heavy atom. The Morgan fingerprint density at radius 1 is 1.10 bits per heavy atom. The highest BCUT2D eigenvalue weighted by atomic mass is 79.9. The molecule has 0 heterocycles. The zero-order chi connectivity index (χ0) is 15.2. The Kier molecular flexibility index (Phi) is 5.95. The molecule has 0 aliphatic heterocycles. The molecule has 0 fully saturated rings. The summed E-state index contributed by atoms with van der Waals surface area (Å²) >= 11 is 3.51. The van der Waals surface area contributed by atoms with E-state index in [4.69, 9.17) is 0 Å². The fraction of sp³-hybridized carbons (Fsp3) is 0.333. The van der Waals surface area contributed by atoms with E-state index >= 15 is 0 Å². The Bertz CT molecular complexity index is 566. The van der Waals surface area contributed by atoms with Crippen LogP contribution in [0.25, 0.3) is 0 Å². The molecule has 1 atom stereocenters. The lowest BCUT2D eigenvalue weighted by atomic mass is 9.91. The van der Waals surface area contributed by atoms with Crippen LogP contribution >= 0.6 is 15.9 Å². The van der Waals surface area contributed by atoms with E-state index in [0.717, 1.165) is 17.4 Å². The van der Waals surface area contributed by atoms with Gasteiger partial charge in [-0.3, -0.25) is 0 Å². The van der Waals surface area contributed by atoms with Gasteiger partial charge in [-0.15, -0.1) is 0 Å². The predicted molar refractivity (Wildman–Crippen MR) is 90.1 cm³/mol. The van der Waals surface area contributed by atoms with Gasteiger partial charge in [0.25, 0.3) is 0 Å². The van der Waals surface area contributed by atoms with E-state index in [1.165, 1.54) is 11.1 Å². The molecule has 0 saturated heterocycles. The lowest BCUT2D eigenvalue weighted by Gasteiger charge is -2.20. The normalized spacial score (nSPS) is 12.6. The van der Waals surface area contributed by atoms with Crippen LogP contribution in [0.3, 0.4) is 0 Å². The standard InChI is InChI=1S/C18H21BrFN/c1-13(2)21-12-16(15-6-8-18(20)9-7-15)10-14-4-3-5-17(19)11-14/h3-9,11,13,16,21H,10,12H2,1-2H3. The third-order valence-corrected chi connectivity index (χ3v) is 3.98. The van der Waals surface area contributed by atoms with E-state index in [2.05, 4.69) is 53.3 Å². The average Bonchev–Trinajstić information content (AvgIpc) is 2.44. The molecule has 0 aliphatic rings. The summed E-state index contributed by atoms with van der Waals surface area (Å²) in [5, 5.41) is 3.49. The smallest absolute Gasteiger partial charge is 0.123 e. The van der Waals surface area contributed by atoms with E-state index in [0.29, 0.717) is 12.0 Å². The summed E-state index contributed by atoms with van der Waals surface area (Å²) in [5.74, 6) is 0.152. The average molecular weight is 350 g/mol. The molecule has 112 valence electrons. The first kappa shape index (κ1) is 16.2. The number of hydrogen-bond acceptors (Lipinski definition) is 1. The number of rotatable bonds is 6. The summed E-state index contributed by atoms with van der Waals surface area (Å²) in [7, 11) is 0. The predicted octanol–water partition coefficient (Wildman–Crippen LogP) is 4.91. The van der Waals surface area contributed by atoms with Crippen LogP contribution < -0.4 is 5.32 Å². The molecule has 2 aromatic carbocycles. The maximum absolute atomic E-state index is 13.1. The summed E-state index contributed by atoms with van der Waals surface area (Å²) in [6.45, 7) is 5.16. The summed E-state index contributed by atoms with van der Waals surface area (Å²) in [4.78, 5) is 0. The molecular weight excluding hydrogens is 329 g/mol. The first-order valence-electron chi connectivity index (χ1n) is 7.28. The second-order valence-electron chi connectivity index (χ2n) is 5.65. The molecule has 1 N–H and O–H groups in total. The van der Waals surface area contributed by atoms with E-state index in [9.17, 15) is 4.39 Å². The number of halogens is 2. The van der Waals surface area contributed by atoms with Gasteiger partial charge in [0, 0.05) is 23.0 Å². The van der Waals surface area contributed by atoms with Gasteiger partial charge in [-0.05, 0) is 41.8 Å². The Morgan fingerprint density at radius 3 is 2.43 bits per heavy atom.